The summed E-state index contributed by atoms with van der Waals surface area (Å²) < 4.78 is 76.6. The largest absolute Gasteiger partial charge is 0.416 e. The molecule has 0 bridgehead atoms. The van der Waals surface area contributed by atoms with Crippen molar-refractivity contribution in [3.8, 4) is 0 Å². The van der Waals surface area contributed by atoms with Crippen LogP contribution in [0.25, 0.3) is 0 Å². The summed E-state index contributed by atoms with van der Waals surface area (Å²) in [6, 6.07) is 4.01. The number of thiophene rings is 1. The molecule has 27 heavy (non-hydrogen) atoms. The van der Waals surface area contributed by atoms with Crippen LogP contribution in [0.2, 0.25) is 0 Å². The topological polar surface area (TPSA) is 58.2 Å². The fourth-order valence-electron chi connectivity index (χ4n) is 2.04. The molecule has 2 amide bonds. The van der Waals surface area contributed by atoms with Crippen LogP contribution in [-0.2, 0) is 17.1 Å². The molecule has 0 radical (unpaired) electrons. The summed E-state index contributed by atoms with van der Waals surface area (Å²) >= 11 is 1.17. The van der Waals surface area contributed by atoms with E-state index in [4.69, 9.17) is 0 Å². The van der Waals surface area contributed by atoms with Crippen LogP contribution in [0.5, 0.6) is 0 Å². The minimum Gasteiger partial charge on any atom is -0.351 e. The standard InChI is InChI=1S/C16H12F6N2O2S/c17-15(18,19)9-6-10(16(20,21)22)8-11(7-9)24-13(25)3-4-23-14(26)12-2-1-5-27-12/h1-2,5-8H,3-4H2,(H,23,26)(H,24,25). The molecule has 2 aromatic rings. The molecule has 1 heterocycles. The Labute approximate surface area is 153 Å². The van der Waals surface area contributed by atoms with Crippen molar-refractivity contribution in [2.45, 2.75) is 18.8 Å². The van der Waals surface area contributed by atoms with Crippen LogP contribution in [0, 0.1) is 0 Å². The SMILES string of the molecule is O=C(CCNC(=O)c1cccs1)Nc1cc(C(F)(F)F)cc(C(F)(F)F)c1. The number of carbonyl (C=O) groups is 2. The highest BCUT2D eigenvalue weighted by Gasteiger charge is 2.37. The zero-order valence-electron chi connectivity index (χ0n) is 13.4. The molecule has 0 aliphatic carbocycles. The van der Waals surface area contributed by atoms with Crippen LogP contribution in [-0.4, -0.2) is 18.4 Å². The first-order chi connectivity index (χ1) is 12.5. The summed E-state index contributed by atoms with van der Waals surface area (Å²) in [5.41, 5.74) is -3.69. The normalized spacial score (nSPS) is 11.9. The lowest BCUT2D eigenvalue weighted by atomic mass is 10.1. The molecule has 0 saturated heterocycles. The third-order valence-corrected chi connectivity index (χ3v) is 4.12. The number of carbonyl (C=O) groups excluding carboxylic acids is 2. The van der Waals surface area contributed by atoms with Gasteiger partial charge in [-0.15, -0.1) is 11.3 Å². The Morgan fingerprint density at radius 2 is 1.56 bits per heavy atom. The number of anilines is 1. The number of hydrogen-bond donors (Lipinski definition) is 2. The second-order valence-corrected chi connectivity index (χ2v) is 6.27. The van der Waals surface area contributed by atoms with Crippen molar-refractivity contribution in [1.29, 1.82) is 0 Å². The molecule has 1 aromatic carbocycles. The van der Waals surface area contributed by atoms with E-state index < -0.39 is 41.0 Å². The molecule has 0 spiro atoms. The van der Waals surface area contributed by atoms with Gasteiger partial charge in [0.25, 0.3) is 5.91 Å². The van der Waals surface area contributed by atoms with Crippen molar-refractivity contribution in [2.75, 3.05) is 11.9 Å². The minimum atomic E-state index is -5.00. The van der Waals surface area contributed by atoms with E-state index in [-0.39, 0.29) is 19.0 Å². The van der Waals surface area contributed by atoms with E-state index in [2.05, 4.69) is 5.32 Å². The van der Waals surface area contributed by atoms with Gasteiger partial charge in [0.1, 0.15) is 0 Å². The molecule has 0 fully saturated rings. The summed E-state index contributed by atoms with van der Waals surface area (Å²) in [6.45, 7) is -0.131. The molecule has 0 unspecified atom stereocenters. The summed E-state index contributed by atoms with van der Waals surface area (Å²) in [6.07, 6.45) is -10.3. The van der Waals surface area contributed by atoms with Crippen LogP contribution in [0.15, 0.2) is 35.7 Å². The maximum atomic E-state index is 12.8. The molecule has 2 N–H and O–H groups in total. The molecular formula is C16H12F6N2O2S. The van der Waals surface area contributed by atoms with Crippen molar-refractivity contribution in [1.82, 2.24) is 5.32 Å². The Balaban J connectivity index is 2.02. The summed E-state index contributed by atoms with van der Waals surface area (Å²) in [5.74, 6) is -1.27. The molecule has 2 rings (SSSR count). The van der Waals surface area contributed by atoms with Gasteiger partial charge in [-0.25, -0.2) is 0 Å². The van der Waals surface area contributed by atoms with Gasteiger partial charge in [0.2, 0.25) is 5.91 Å². The van der Waals surface area contributed by atoms with Gasteiger partial charge < -0.3 is 10.6 Å². The lowest BCUT2D eigenvalue weighted by Crippen LogP contribution is -2.27. The average molecular weight is 410 g/mol. The van der Waals surface area contributed by atoms with Crippen LogP contribution in [0.1, 0.15) is 27.2 Å². The Morgan fingerprint density at radius 1 is 0.963 bits per heavy atom. The van der Waals surface area contributed by atoms with E-state index in [9.17, 15) is 35.9 Å². The van der Waals surface area contributed by atoms with Gasteiger partial charge in [-0.2, -0.15) is 26.3 Å². The number of alkyl halides is 6. The smallest absolute Gasteiger partial charge is 0.351 e. The van der Waals surface area contributed by atoms with E-state index in [1.165, 1.54) is 11.3 Å². The predicted octanol–water partition coefficient (Wildman–Crippen LogP) is 4.54. The summed E-state index contributed by atoms with van der Waals surface area (Å²) in [4.78, 5) is 23.9. The Kier molecular flexibility index (Phi) is 6.14. The first kappa shape index (κ1) is 20.7. The number of benzene rings is 1. The van der Waals surface area contributed by atoms with Crippen molar-refractivity contribution in [3.05, 3.63) is 51.7 Å². The van der Waals surface area contributed by atoms with E-state index in [0.717, 1.165) is 0 Å². The zero-order valence-corrected chi connectivity index (χ0v) is 14.2. The van der Waals surface area contributed by atoms with Gasteiger partial charge in [-0.05, 0) is 29.6 Å². The molecule has 0 aliphatic rings. The quantitative estimate of drug-likeness (QED) is 0.711. The van der Waals surface area contributed by atoms with Gasteiger partial charge in [0.15, 0.2) is 0 Å². The van der Waals surface area contributed by atoms with Crippen LogP contribution in [0.4, 0.5) is 32.0 Å². The zero-order chi connectivity index (χ0) is 20.2. The Morgan fingerprint density at radius 3 is 2.04 bits per heavy atom. The summed E-state index contributed by atoms with van der Waals surface area (Å²) in [7, 11) is 0. The molecule has 0 saturated carbocycles. The third kappa shape index (κ3) is 5.98. The number of nitrogens with one attached hydrogen (secondary N) is 2. The van der Waals surface area contributed by atoms with Gasteiger partial charge >= 0.3 is 12.4 Å². The number of amides is 2. The van der Waals surface area contributed by atoms with Crippen LogP contribution in [0.3, 0.4) is 0 Å². The van der Waals surface area contributed by atoms with Crippen LogP contribution < -0.4 is 10.6 Å². The molecule has 1 aromatic heterocycles. The average Bonchev–Trinajstić information content (AvgIpc) is 3.07. The molecule has 0 atom stereocenters. The highest BCUT2D eigenvalue weighted by atomic mass is 32.1. The third-order valence-electron chi connectivity index (χ3n) is 3.25. The van der Waals surface area contributed by atoms with E-state index in [0.29, 0.717) is 17.0 Å². The van der Waals surface area contributed by atoms with Crippen molar-refractivity contribution in [2.24, 2.45) is 0 Å². The molecular weight excluding hydrogens is 398 g/mol. The first-order valence-corrected chi connectivity index (χ1v) is 8.26. The minimum absolute atomic E-state index is 0.0308. The molecule has 4 nitrogen and oxygen atoms in total. The van der Waals surface area contributed by atoms with Crippen molar-refractivity contribution < 1.29 is 35.9 Å². The predicted molar refractivity (Wildman–Crippen MR) is 86.3 cm³/mol. The maximum absolute atomic E-state index is 12.8. The van der Waals surface area contributed by atoms with Gasteiger partial charge in [0, 0.05) is 18.7 Å². The lowest BCUT2D eigenvalue weighted by molar-refractivity contribution is -0.143. The lowest BCUT2D eigenvalue weighted by Gasteiger charge is -2.14. The fraction of sp³-hybridized carbons (Fsp3) is 0.250. The number of hydrogen-bond acceptors (Lipinski definition) is 3. The van der Waals surface area contributed by atoms with Gasteiger partial charge in [0.05, 0.1) is 16.0 Å². The highest BCUT2D eigenvalue weighted by molar-refractivity contribution is 7.12. The fourth-order valence-corrected chi connectivity index (χ4v) is 2.68. The Hall–Kier alpha value is -2.56. The molecule has 0 aliphatic heterocycles. The van der Waals surface area contributed by atoms with E-state index >= 15 is 0 Å². The maximum Gasteiger partial charge on any atom is 0.416 e. The van der Waals surface area contributed by atoms with Crippen molar-refractivity contribution >= 4 is 28.8 Å². The van der Waals surface area contributed by atoms with E-state index in [1.807, 2.05) is 5.32 Å². The molecule has 11 heteroatoms. The first-order valence-electron chi connectivity index (χ1n) is 7.38. The van der Waals surface area contributed by atoms with Crippen molar-refractivity contribution in [3.63, 3.8) is 0 Å². The second-order valence-electron chi connectivity index (χ2n) is 5.33. The monoisotopic (exact) mass is 410 g/mol. The second kappa shape index (κ2) is 7.99. The van der Waals surface area contributed by atoms with E-state index in [1.54, 1.807) is 17.5 Å². The molecule has 146 valence electrons. The number of rotatable bonds is 5. The highest BCUT2D eigenvalue weighted by Crippen LogP contribution is 2.37. The van der Waals surface area contributed by atoms with Crippen LogP contribution >= 0.6 is 11.3 Å². The Bertz CT molecular complexity index is 783. The number of halogens is 6. The van der Waals surface area contributed by atoms with Gasteiger partial charge in [-0.1, -0.05) is 6.07 Å². The van der Waals surface area contributed by atoms with Gasteiger partial charge in [-0.3, -0.25) is 9.59 Å². The summed E-state index contributed by atoms with van der Waals surface area (Å²) in [5, 5.41) is 6.09.